The lowest BCUT2D eigenvalue weighted by molar-refractivity contribution is 0.0852. The quantitative estimate of drug-likeness (QED) is 0.662. The molecule has 1 aliphatic rings. The van der Waals surface area contributed by atoms with E-state index in [2.05, 4.69) is 25.8 Å². The third kappa shape index (κ3) is 2.32. The minimum Gasteiger partial charge on any atom is -0.293 e. The third-order valence-corrected chi connectivity index (χ3v) is 3.80. The number of ketones is 1. The predicted molar refractivity (Wildman–Crippen MR) is 85.6 cm³/mol. The van der Waals surface area contributed by atoms with Crippen LogP contribution in [0.3, 0.4) is 0 Å². The molecule has 0 saturated heterocycles. The molecule has 0 saturated carbocycles. The highest BCUT2D eigenvalue weighted by atomic mass is 16.1. The lowest BCUT2D eigenvalue weighted by atomic mass is 9.68. The van der Waals surface area contributed by atoms with Gasteiger partial charge in [-0.15, -0.1) is 19.7 Å². The third-order valence-electron chi connectivity index (χ3n) is 3.80. The van der Waals surface area contributed by atoms with Crippen molar-refractivity contribution in [2.75, 3.05) is 0 Å². The highest BCUT2D eigenvalue weighted by Crippen LogP contribution is 2.43. The molecule has 1 nitrogen and oxygen atoms in total. The highest BCUT2D eigenvalue weighted by Gasteiger charge is 2.39. The fourth-order valence-corrected chi connectivity index (χ4v) is 2.93. The van der Waals surface area contributed by atoms with Gasteiger partial charge >= 0.3 is 0 Å². The first-order valence-electron chi connectivity index (χ1n) is 6.87. The van der Waals surface area contributed by atoms with Crippen LogP contribution in [0.15, 0.2) is 68.3 Å². The fourth-order valence-electron chi connectivity index (χ4n) is 2.93. The predicted octanol–water partition coefficient (Wildman–Crippen LogP) is 4.98. The van der Waals surface area contributed by atoms with Gasteiger partial charge in [-0.25, -0.2) is 0 Å². The van der Waals surface area contributed by atoms with Gasteiger partial charge in [0.15, 0.2) is 5.78 Å². The molecule has 0 bridgehead atoms. The maximum atomic E-state index is 12.9. The molecule has 0 heterocycles. The van der Waals surface area contributed by atoms with Crippen molar-refractivity contribution >= 4 is 11.4 Å². The maximum absolute atomic E-state index is 12.9. The van der Waals surface area contributed by atoms with Gasteiger partial charge in [0.2, 0.25) is 0 Å². The van der Waals surface area contributed by atoms with E-state index in [1.165, 1.54) is 5.57 Å². The van der Waals surface area contributed by atoms with Gasteiger partial charge in [0, 0.05) is 5.56 Å². The zero-order valence-corrected chi connectivity index (χ0v) is 11.8. The molecule has 0 fully saturated rings. The average molecular weight is 264 g/mol. The molecule has 20 heavy (non-hydrogen) atoms. The number of hydrogen-bond donors (Lipinski definition) is 0. The van der Waals surface area contributed by atoms with Crippen LogP contribution < -0.4 is 0 Å². The van der Waals surface area contributed by atoms with Crippen molar-refractivity contribution in [3.8, 4) is 0 Å². The highest BCUT2D eigenvalue weighted by molar-refractivity contribution is 6.09. The summed E-state index contributed by atoms with van der Waals surface area (Å²) >= 11 is 0. The number of fused-ring (bicyclic) bond motifs is 1. The Morgan fingerprint density at radius 3 is 2.10 bits per heavy atom. The van der Waals surface area contributed by atoms with E-state index in [9.17, 15) is 4.79 Å². The largest absolute Gasteiger partial charge is 0.293 e. The fraction of sp³-hybridized carbons (Fsp3) is 0.211. The lowest BCUT2D eigenvalue weighted by Crippen LogP contribution is -2.32. The topological polar surface area (TPSA) is 17.1 Å². The van der Waals surface area contributed by atoms with Crippen LogP contribution >= 0.6 is 0 Å². The number of hydrogen-bond acceptors (Lipinski definition) is 1. The van der Waals surface area contributed by atoms with Gasteiger partial charge in [-0.3, -0.25) is 4.79 Å². The number of carbonyl (C=O) groups excluding carboxylic acids is 1. The Hall–Kier alpha value is -2.15. The maximum Gasteiger partial charge on any atom is 0.174 e. The second-order valence-electron chi connectivity index (χ2n) is 5.18. The Morgan fingerprint density at radius 2 is 1.55 bits per heavy atom. The van der Waals surface area contributed by atoms with E-state index < -0.39 is 5.41 Å². The second-order valence-corrected chi connectivity index (χ2v) is 5.18. The summed E-state index contributed by atoms with van der Waals surface area (Å²) < 4.78 is 0. The molecule has 0 amide bonds. The molecular weight excluding hydrogens is 244 g/mol. The van der Waals surface area contributed by atoms with Crippen molar-refractivity contribution in [1.82, 2.24) is 0 Å². The molecule has 1 aliphatic carbocycles. The second kappa shape index (κ2) is 5.87. The number of Topliss-reactive ketones (excluding diaryl/α,β-unsaturated/α-hetero) is 1. The van der Waals surface area contributed by atoms with Crippen molar-refractivity contribution in [2.24, 2.45) is 5.41 Å². The van der Waals surface area contributed by atoms with Crippen molar-refractivity contribution in [3.63, 3.8) is 0 Å². The summed E-state index contributed by atoms with van der Waals surface area (Å²) in [5, 5.41) is 0. The minimum atomic E-state index is -0.532. The van der Waals surface area contributed by atoms with Crippen molar-refractivity contribution < 1.29 is 4.79 Å². The monoisotopic (exact) mass is 264 g/mol. The van der Waals surface area contributed by atoms with E-state index in [0.717, 1.165) is 17.5 Å². The number of rotatable bonds is 6. The molecule has 0 N–H and O–H groups in total. The van der Waals surface area contributed by atoms with Crippen LogP contribution in [-0.2, 0) is 0 Å². The van der Waals surface area contributed by atoms with Crippen LogP contribution in [0.2, 0.25) is 0 Å². The lowest BCUT2D eigenvalue weighted by Gasteiger charge is -2.33. The van der Waals surface area contributed by atoms with Crippen LogP contribution in [0.4, 0.5) is 0 Å². The van der Waals surface area contributed by atoms with E-state index in [0.29, 0.717) is 12.8 Å². The Labute approximate surface area is 121 Å². The van der Waals surface area contributed by atoms with E-state index >= 15 is 0 Å². The van der Waals surface area contributed by atoms with Crippen molar-refractivity contribution in [2.45, 2.75) is 19.3 Å². The molecule has 0 spiro atoms. The number of allylic oxidation sites excluding steroid dienone is 5. The Morgan fingerprint density at radius 1 is 0.950 bits per heavy atom. The SMILES string of the molecule is C=CCC1=CC(CC=C)(CC=C)C(=O)c2ccccc21. The van der Waals surface area contributed by atoms with Crippen LogP contribution in [0.1, 0.15) is 35.2 Å². The summed E-state index contributed by atoms with van der Waals surface area (Å²) in [6, 6.07) is 7.81. The standard InChI is InChI=1S/C19H20O/c1-4-9-15-14-19(12-5-2,13-6-3)18(20)17-11-8-7-10-16(15)17/h4-8,10-11,14H,1-3,9,12-13H2. The molecule has 1 heteroatoms. The van der Waals surface area contributed by atoms with Crippen molar-refractivity contribution in [1.29, 1.82) is 0 Å². The van der Waals surface area contributed by atoms with E-state index in [1.54, 1.807) is 0 Å². The van der Waals surface area contributed by atoms with E-state index in [4.69, 9.17) is 0 Å². The van der Waals surface area contributed by atoms with Gasteiger partial charge in [-0.1, -0.05) is 48.6 Å². The van der Waals surface area contributed by atoms with Crippen LogP contribution in [0.25, 0.3) is 5.57 Å². The first-order valence-corrected chi connectivity index (χ1v) is 6.87. The van der Waals surface area contributed by atoms with Gasteiger partial charge in [0.1, 0.15) is 0 Å². The Bertz CT molecular complexity index is 580. The summed E-state index contributed by atoms with van der Waals surface area (Å²) in [6.07, 6.45) is 9.64. The molecule has 102 valence electrons. The van der Waals surface area contributed by atoms with Crippen LogP contribution in [0.5, 0.6) is 0 Å². The molecule has 1 aromatic carbocycles. The molecule has 0 aliphatic heterocycles. The molecule has 0 unspecified atom stereocenters. The summed E-state index contributed by atoms with van der Waals surface area (Å²) in [5.41, 5.74) is 2.46. The first kappa shape index (κ1) is 14.3. The van der Waals surface area contributed by atoms with Crippen LogP contribution in [-0.4, -0.2) is 5.78 Å². The van der Waals surface area contributed by atoms with Gasteiger partial charge < -0.3 is 0 Å². The van der Waals surface area contributed by atoms with Gasteiger partial charge in [-0.2, -0.15) is 0 Å². The molecule has 1 aromatic rings. The molecule has 0 radical (unpaired) electrons. The Kier molecular flexibility index (Phi) is 4.19. The summed E-state index contributed by atoms with van der Waals surface area (Å²) in [7, 11) is 0. The normalized spacial score (nSPS) is 16.0. The zero-order chi connectivity index (χ0) is 14.6. The number of benzene rings is 1. The van der Waals surface area contributed by atoms with Crippen molar-refractivity contribution in [3.05, 3.63) is 79.4 Å². The van der Waals surface area contributed by atoms with Gasteiger partial charge in [0.05, 0.1) is 5.41 Å². The number of carbonyl (C=O) groups is 1. The van der Waals surface area contributed by atoms with Crippen LogP contribution in [0, 0.1) is 5.41 Å². The minimum absolute atomic E-state index is 0.167. The molecule has 0 aromatic heterocycles. The Balaban J connectivity index is 2.64. The van der Waals surface area contributed by atoms with E-state index in [-0.39, 0.29) is 5.78 Å². The zero-order valence-electron chi connectivity index (χ0n) is 11.8. The smallest absolute Gasteiger partial charge is 0.174 e. The molecule has 0 atom stereocenters. The van der Waals surface area contributed by atoms with Gasteiger partial charge in [-0.05, 0) is 30.4 Å². The molecule has 2 rings (SSSR count). The van der Waals surface area contributed by atoms with Gasteiger partial charge in [0.25, 0.3) is 0 Å². The summed E-state index contributed by atoms with van der Waals surface area (Å²) in [4.78, 5) is 12.9. The molecular formula is C19H20O. The summed E-state index contributed by atoms with van der Waals surface area (Å²) in [5.74, 6) is 0.167. The summed E-state index contributed by atoms with van der Waals surface area (Å²) in [6.45, 7) is 11.4. The van der Waals surface area contributed by atoms with E-state index in [1.807, 2.05) is 42.5 Å². The first-order chi connectivity index (χ1) is 9.68. The average Bonchev–Trinajstić information content (AvgIpc) is 2.45.